The first-order valence-corrected chi connectivity index (χ1v) is 3.94. The lowest BCUT2D eigenvalue weighted by Gasteiger charge is -2.07. The van der Waals surface area contributed by atoms with Gasteiger partial charge in [0, 0.05) is 13.3 Å². The van der Waals surface area contributed by atoms with Crippen LogP contribution in [0.4, 0.5) is 0 Å². The van der Waals surface area contributed by atoms with E-state index >= 15 is 0 Å². The van der Waals surface area contributed by atoms with Gasteiger partial charge in [-0.1, -0.05) is 0 Å². The van der Waals surface area contributed by atoms with Crippen molar-refractivity contribution in [3.05, 3.63) is 24.0 Å². The van der Waals surface area contributed by atoms with Gasteiger partial charge in [0.25, 0.3) is 0 Å². The highest BCUT2D eigenvalue weighted by atomic mass is 16.7. The Balaban J connectivity index is 2.85. The van der Waals surface area contributed by atoms with Crippen molar-refractivity contribution < 1.29 is 19.0 Å². The van der Waals surface area contributed by atoms with Crippen LogP contribution in [0.3, 0.4) is 0 Å². The average Bonchev–Trinajstić information content (AvgIpc) is 2.25. The highest BCUT2D eigenvalue weighted by molar-refractivity contribution is 5.90. The maximum absolute atomic E-state index is 11.2. The van der Waals surface area contributed by atoms with Crippen LogP contribution < -0.4 is 4.74 Å². The van der Waals surface area contributed by atoms with Crippen molar-refractivity contribution in [1.29, 1.82) is 0 Å². The first-order valence-electron chi connectivity index (χ1n) is 3.94. The zero-order chi connectivity index (χ0) is 10.4. The van der Waals surface area contributed by atoms with Crippen molar-refractivity contribution in [1.82, 2.24) is 4.98 Å². The molecular weight excluding hydrogens is 186 g/mol. The Morgan fingerprint density at radius 1 is 1.50 bits per heavy atom. The van der Waals surface area contributed by atoms with E-state index in [9.17, 15) is 4.79 Å². The second kappa shape index (κ2) is 5.18. The summed E-state index contributed by atoms with van der Waals surface area (Å²) in [5.41, 5.74) is 0.145. The summed E-state index contributed by atoms with van der Waals surface area (Å²) in [7, 11) is 2.78. The third-order valence-corrected chi connectivity index (χ3v) is 1.48. The number of nitrogens with zero attached hydrogens (tertiary/aromatic N) is 1. The lowest BCUT2D eigenvalue weighted by Crippen LogP contribution is -2.09. The number of aromatic nitrogens is 1. The van der Waals surface area contributed by atoms with Crippen LogP contribution in [-0.2, 0) is 9.47 Å². The number of carbonyl (C=O) groups is 1. The lowest BCUT2D eigenvalue weighted by atomic mass is 10.3. The molecule has 0 aliphatic heterocycles. The van der Waals surface area contributed by atoms with Crippen LogP contribution in [0.5, 0.6) is 5.75 Å². The molecule has 0 unspecified atom stereocenters. The van der Waals surface area contributed by atoms with Gasteiger partial charge in [0.05, 0.1) is 7.11 Å². The first kappa shape index (κ1) is 10.5. The minimum absolute atomic E-state index is 0.0652. The predicted molar refractivity (Wildman–Crippen MR) is 48.1 cm³/mol. The van der Waals surface area contributed by atoms with Gasteiger partial charge in [0.15, 0.2) is 18.2 Å². The number of esters is 1. The van der Waals surface area contributed by atoms with Crippen LogP contribution in [0, 0.1) is 0 Å². The topological polar surface area (TPSA) is 57.7 Å². The zero-order valence-electron chi connectivity index (χ0n) is 8.02. The summed E-state index contributed by atoms with van der Waals surface area (Å²) in [6.45, 7) is 0.0652. The molecular formula is C9H11NO4. The van der Waals surface area contributed by atoms with Crippen LogP contribution >= 0.6 is 0 Å². The molecule has 0 spiro atoms. The maximum atomic E-state index is 11.2. The molecule has 0 fully saturated rings. The molecule has 5 nitrogen and oxygen atoms in total. The van der Waals surface area contributed by atoms with Crippen LogP contribution in [0.1, 0.15) is 10.5 Å². The van der Waals surface area contributed by atoms with Crippen molar-refractivity contribution in [2.45, 2.75) is 0 Å². The third kappa shape index (κ3) is 2.43. The predicted octanol–water partition coefficient (Wildman–Crippen LogP) is 0.851. The Morgan fingerprint density at radius 3 is 2.93 bits per heavy atom. The molecule has 0 radical (unpaired) electrons. The number of ether oxygens (including phenoxy) is 3. The maximum Gasteiger partial charge on any atom is 0.360 e. The minimum Gasteiger partial charge on any atom is -0.465 e. The van der Waals surface area contributed by atoms with Crippen molar-refractivity contribution in [3.8, 4) is 5.75 Å². The van der Waals surface area contributed by atoms with Crippen molar-refractivity contribution in [2.24, 2.45) is 0 Å². The molecule has 1 aromatic rings. The molecule has 0 N–H and O–H groups in total. The number of hydrogen-bond acceptors (Lipinski definition) is 5. The average molecular weight is 197 g/mol. The number of carbonyl (C=O) groups excluding carboxylic acids is 1. The van der Waals surface area contributed by atoms with E-state index < -0.39 is 5.97 Å². The second-order valence-corrected chi connectivity index (χ2v) is 2.39. The minimum atomic E-state index is -0.531. The summed E-state index contributed by atoms with van der Waals surface area (Å²) in [5, 5.41) is 0. The quantitative estimate of drug-likeness (QED) is 0.529. The highest BCUT2D eigenvalue weighted by Gasteiger charge is 2.13. The van der Waals surface area contributed by atoms with Gasteiger partial charge in [-0.3, -0.25) is 0 Å². The van der Waals surface area contributed by atoms with E-state index in [4.69, 9.17) is 9.47 Å². The van der Waals surface area contributed by atoms with Gasteiger partial charge in [0.1, 0.15) is 0 Å². The molecule has 1 rings (SSSR count). The first-order chi connectivity index (χ1) is 6.79. The standard InChI is InChI=1S/C9H11NO4/c1-12-6-14-7-4-3-5-10-8(7)9(11)13-2/h3-5H,6H2,1-2H3. The summed E-state index contributed by atoms with van der Waals surface area (Å²) < 4.78 is 14.4. The largest absolute Gasteiger partial charge is 0.465 e. The van der Waals surface area contributed by atoms with E-state index in [0.29, 0.717) is 5.75 Å². The number of rotatable bonds is 4. The van der Waals surface area contributed by atoms with Gasteiger partial charge in [0.2, 0.25) is 0 Å². The van der Waals surface area contributed by atoms with Gasteiger partial charge in [-0.2, -0.15) is 0 Å². The van der Waals surface area contributed by atoms with E-state index in [2.05, 4.69) is 9.72 Å². The summed E-state index contributed by atoms with van der Waals surface area (Å²) in [4.78, 5) is 15.0. The Bertz CT molecular complexity index is 313. The van der Waals surface area contributed by atoms with E-state index in [1.807, 2.05) is 0 Å². The van der Waals surface area contributed by atoms with E-state index in [-0.39, 0.29) is 12.5 Å². The molecule has 0 bridgehead atoms. The van der Waals surface area contributed by atoms with E-state index in [0.717, 1.165) is 0 Å². The molecule has 0 saturated heterocycles. The Hall–Kier alpha value is -1.62. The molecule has 0 aromatic carbocycles. The van der Waals surface area contributed by atoms with E-state index in [1.54, 1.807) is 12.1 Å². The molecule has 14 heavy (non-hydrogen) atoms. The van der Waals surface area contributed by atoms with Crippen LogP contribution in [0.25, 0.3) is 0 Å². The van der Waals surface area contributed by atoms with Gasteiger partial charge in [-0.15, -0.1) is 0 Å². The molecule has 0 aliphatic carbocycles. The second-order valence-electron chi connectivity index (χ2n) is 2.39. The molecule has 1 heterocycles. The zero-order valence-corrected chi connectivity index (χ0v) is 8.02. The molecule has 0 amide bonds. The molecule has 76 valence electrons. The lowest BCUT2D eigenvalue weighted by molar-refractivity contribution is 0.0458. The smallest absolute Gasteiger partial charge is 0.360 e. The van der Waals surface area contributed by atoms with Gasteiger partial charge in [-0.25, -0.2) is 9.78 Å². The number of hydrogen-bond donors (Lipinski definition) is 0. The number of methoxy groups -OCH3 is 2. The Morgan fingerprint density at radius 2 is 2.29 bits per heavy atom. The summed E-state index contributed by atoms with van der Waals surface area (Å²) in [6.07, 6.45) is 1.49. The summed E-state index contributed by atoms with van der Waals surface area (Å²) in [6, 6.07) is 3.29. The van der Waals surface area contributed by atoms with Crippen molar-refractivity contribution in [3.63, 3.8) is 0 Å². The fourth-order valence-electron chi connectivity index (χ4n) is 0.879. The molecule has 5 heteroatoms. The SMILES string of the molecule is COCOc1cccnc1C(=O)OC. The van der Waals surface area contributed by atoms with E-state index in [1.165, 1.54) is 20.4 Å². The molecule has 0 saturated carbocycles. The van der Waals surface area contributed by atoms with Crippen LogP contribution in [-0.4, -0.2) is 32.0 Å². The molecule has 1 aromatic heterocycles. The Labute approximate surface area is 81.6 Å². The van der Waals surface area contributed by atoms with Gasteiger partial charge < -0.3 is 14.2 Å². The number of pyridine rings is 1. The van der Waals surface area contributed by atoms with Crippen LogP contribution in [0.15, 0.2) is 18.3 Å². The summed E-state index contributed by atoms with van der Waals surface area (Å²) >= 11 is 0. The fraction of sp³-hybridized carbons (Fsp3) is 0.333. The van der Waals surface area contributed by atoms with Crippen LogP contribution in [0.2, 0.25) is 0 Å². The van der Waals surface area contributed by atoms with Crippen molar-refractivity contribution >= 4 is 5.97 Å². The third-order valence-electron chi connectivity index (χ3n) is 1.48. The normalized spacial score (nSPS) is 9.57. The fourth-order valence-corrected chi connectivity index (χ4v) is 0.879. The molecule has 0 atom stereocenters. The Kier molecular flexibility index (Phi) is 3.87. The highest BCUT2D eigenvalue weighted by Crippen LogP contribution is 2.15. The van der Waals surface area contributed by atoms with Gasteiger partial charge >= 0.3 is 5.97 Å². The van der Waals surface area contributed by atoms with Gasteiger partial charge in [-0.05, 0) is 12.1 Å². The molecule has 0 aliphatic rings. The van der Waals surface area contributed by atoms with Crippen molar-refractivity contribution in [2.75, 3.05) is 21.0 Å². The summed E-state index contributed by atoms with van der Waals surface area (Å²) in [5.74, 6) is -0.182. The monoisotopic (exact) mass is 197 g/mol.